The summed E-state index contributed by atoms with van der Waals surface area (Å²) >= 11 is 3.61. The zero-order chi connectivity index (χ0) is 13.5. The maximum Gasteiger partial charge on any atom is 0.0744 e. The summed E-state index contributed by atoms with van der Waals surface area (Å²) in [5.74, 6) is 0.830. The first-order valence-corrected chi connectivity index (χ1v) is 8.10. The van der Waals surface area contributed by atoms with Crippen molar-refractivity contribution in [2.45, 2.75) is 45.1 Å². The van der Waals surface area contributed by atoms with Gasteiger partial charge in [0, 0.05) is 29.4 Å². The van der Waals surface area contributed by atoms with Crippen LogP contribution in [-0.2, 0) is 11.3 Å². The van der Waals surface area contributed by atoms with Gasteiger partial charge in [0.1, 0.15) is 0 Å². The molecule has 0 saturated heterocycles. The summed E-state index contributed by atoms with van der Waals surface area (Å²) in [5.41, 5.74) is 2.43. The van der Waals surface area contributed by atoms with Crippen LogP contribution in [0.5, 0.6) is 0 Å². The van der Waals surface area contributed by atoms with Crippen LogP contribution in [0.3, 0.4) is 0 Å². The summed E-state index contributed by atoms with van der Waals surface area (Å²) in [6.07, 6.45) is 8.39. The Morgan fingerprint density at radius 2 is 1.95 bits per heavy atom. The van der Waals surface area contributed by atoms with Gasteiger partial charge in [-0.2, -0.15) is 0 Å². The molecule has 1 aromatic carbocycles. The van der Waals surface area contributed by atoms with Crippen LogP contribution in [0.2, 0.25) is 0 Å². The first kappa shape index (κ1) is 14.9. The fraction of sp³-hybridized carbons (Fsp3) is 0.625. The smallest absolute Gasteiger partial charge is 0.0744 e. The zero-order valence-electron chi connectivity index (χ0n) is 11.8. The number of anilines is 1. The number of hydrogen-bond donors (Lipinski definition) is 1. The highest BCUT2D eigenvalue weighted by molar-refractivity contribution is 9.10. The molecule has 0 aromatic heterocycles. The Bertz CT molecular complexity index is 386. The van der Waals surface area contributed by atoms with Gasteiger partial charge in [0.05, 0.1) is 6.61 Å². The minimum Gasteiger partial charge on any atom is -0.384 e. The van der Waals surface area contributed by atoms with E-state index in [0.29, 0.717) is 6.61 Å². The van der Waals surface area contributed by atoms with Gasteiger partial charge in [-0.1, -0.05) is 47.7 Å². The summed E-state index contributed by atoms with van der Waals surface area (Å²) in [5, 5.41) is 3.63. The molecule has 106 valence electrons. The van der Waals surface area contributed by atoms with Crippen LogP contribution in [0.25, 0.3) is 0 Å². The largest absolute Gasteiger partial charge is 0.384 e. The summed E-state index contributed by atoms with van der Waals surface area (Å²) in [6.45, 7) is 1.74. The summed E-state index contributed by atoms with van der Waals surface area (Å²) in [7, 11) is 1.74. The van der Waals surface area contributed by atoms with Crippen LogP contribution in [0, 0.1) is 5.92 Å². The van der Waals surface area contributed by atoms with E-state index in [4.69, 9.17) is 4.74 Å². The van der Waals surface area contributed by atoms with Gasteiger partial charge in [-0.3, -0.25) is 0 Å². The Hall–Kier alpha value is -0.540. The molecule has 1 aromatic rings. The lowest BCUT2D eigenvalue weighted by molar-refractivity contribution is 0.185. The van der Waals surface area contributed by atoms with E-state index in [-0.39, 0.29) is 0 Å². The Morgan fingerprint density at radius 1 is 1.21 bits per heavy atom. The molecule has 1 fully saturated rings. The lowest BCUT2D eigenvalue weighted by Gasteiger charge is -2.18. The summed E-state index contributed by atoms with van der Waals surface area (Å²) in [6, 6.07) is 6.31. The molecule has 19 heavy (non-hydrogen) atoms. The standard InChI is InChI=1S/C16H24BrNO/c1-19-12-14-15(17)9-6-10-16(14)18-11-13-7-4-2-3-5-8-13/h6,9-10,13,18H,2-5,7-8,11-12H2,1H3. The normalized spacial score (nSPS) is 17.2. The molecular formula is C16H24BrNO. The summed E-state index contributed by atoms with van der Waals surface area (Å²) in [4.78, 5) is 0. The highest BCUT2D eigenvalue weighted by atomic mass is 79.9. The molecule has 0 amide bonds. The van der Waals surface area contributed by atoms with Crippen molar-refractivity contribution in [1.29, 1.82) is 0 Å². The van der Waals surface area contributed by atoms with Crippen LogP contribution in [0.4, 0.5) is 5.69 Å². The molecule has 2 nitrogen and oxygen atoms in total. The van der Waals surface area contributed by atoms with Crippen molar-refractivity contribution in [3.05, 3.63) is 28.2 Å². The first-order chi connectivity index (χ1) is 9.31. The first-order valence-electron chi connectivity index (χ1n) is 7.31. The van der Waals surface area contributed by atoms with E-state index >= 15 is 0 Å². The van der Waals surface area contributed by atoms with E-state index in [1.165, 1.54) is 49.8 Å². The van der Waals surface area contributed by atoms with Gasteiger partial charge in [0.15, 0.2) is 0 Å². The highest BCUT2D eigenvalue weighted by Gasteiger charge is 2.13. The second-order valence-corrected chi connectivity index (χ2v) is 6.29. The van der Waals surface area contributed by atoms with Gasteiger partial charge in [0.2, 0.25) is 0 Å². The van der Waals surface area contributed by atoms with E-state index in [0.717, 1.165) is 16.9 Å². The van der Waals surface area contributed by atoms with Crippen molar-refractivity contribution in [3.63, 3.8) is 0 Å². The van der Waals surface area contributed by atoms with Crippen molar-refractivity contribution in [3.8, 4) is 0 Å². The molecule has 0 spiro atoms. The third-order valence-corrected chi connectivity index (χ3v) is 4.71. The van der Waals surface area contributed by atoms with Crippen molar-refractivity contribution in [2.75, 3.05) is 19.0 Å². The SMILES string of the molecule is COCc1c(Br)cccc1NCC1CCCCCC1. The number of halogens is 1. The number of hydrogen-bond acceptors (Lipinski definition) is 2. The monoisotopic (exact) mass is 325 g/mol. The molecular weight excluding hydrogens is 302 g/mol. The van der Waals surface area contributed by atoms with Gasteiger partial charge in [-0.25, -0.2) is 0 Å². The Labute approximate surface area is 125 Å². The van der Waals surface area contributed by atoms with Crippen LogP contribution in [0.1, 0.15) is 44.1 Å². The average molecular weight is 326 g/mol. The second kappa shape index (κ2) is 7.91. The predicted molar refractivity (Wildman–Crippen MR) is 84.5 cm³/mol. The number of methoxy groups -OCH3 is 1. The highest BCUT2D eigenvalue weighted by Crippen LogP contribution is 2.27. The summed E-state index contributed by atoms with van der Waals surface area (Å²) < 4.78 is 6.42. The molecule has 1 saturated carbocycles. The third kappa shape index (κ3) is 4.50. The maximum absolute atomic E-state index is 5.29. The number of rotatable bonds is 5. The van der Waals surface area contributed by atoms with Crippen molar-refractivity contribution in [2.24, 2.45) is 5.92 Å². The van der Waals surface area contributed by atoms with E-state index in [1.807, 2.05) is 0 Å². The van der Waals surface area contributed by atoms with Crippen molar-refractivity contribution >= 4 is 21.6 Å². The lowest BCUT2D eigenvalue weighted by Crippen LogP contribution is -2.15. The zero-order valence-corrected chi connectivity index (χ0v) is 13.3. The lowest BCUT2D eigenvalue weighted by atomic mass is 10.0. The number of nitrogens with one attached hydrogen (secondary N) is 1. The Morgan fingerprint density at radius 3 is 2.63 bits per heavy atom. The fourth-order valence-electron chi connectivity index (χ4n) is 2.84. The number of ether oxygens (including phenoxy) is 1. The van der Waals surface area contributed by atoms with Gasteiger partial charge in [-0.15, -0.1) is 0 Å². The molecule has 0 unspecified atom stereocenters. The molecule has 0 radical (unpaired) electrons. The molecule has 0 aliphatic heterocycles. The molecule has 1 aliphatic rings. The van der Waals surface area contributed by atoms with Crippen LogP contribution >= 0.6 is 15.9 Å². The van der Waals surface area contributed by atoms with Gasteiger partial charge in [-0.05, 0) is 30.9 Å². The molecule has 2 rings (SSSR count). The van der Waals surface area contributed by atoms with Crippen LogP contribution in [0.15, 0.2) is 22.7 Å². The van der Waals surface area contributed by atoms with Crippen LogP contribution < -0.4 is 5.32 Å². The average Bonchev–Trinajstić information content (AvgIpc) is 2.68. The van der Waals surface area contributed by atoms with E-state index < -0.39 is 0 Å². The van der Waals surface area contributed by atoms with E-state index in [9.17, 15) is 0 Å². The molecule has 1 N–H and O–H groups in total. The molecule has 0 atom stereocenters. The fourth-order valence-corrected chi connectivity index (χ4v) is 3.32. The third-order valence-electron chi connectivity index (χ3n) is 3.96. The molecule has 1 aliphatic carbocycles. The second-order valence-electron chi connectivity index (χ2n) is 5.44. The topological polar surface area (TPSA) is 21.3 Å². The maximum atomic E-state index is 5.29. The van der Waals surface area contributed by atoms with E-state index in [1.54, 1.807) is 7.11 Å². The van der Waals surface area contributed by atoms with E-state index in [2.05, 4.69) is 39.4 Å². The predicted octanol–water partition coefficient (Wildman–Crippen LogP) is 4.98. The van der Waals surface area contributed by atoms with Gasteiger partial charge < -0.3 is 10.1 Å². The Kier molecular flexibility index (Phi) is 6.18. The number of benzene rings is 1. The van der Waals surface area contributed by atoms with Crippen molar-refractivity contribution < 1.29 is 4.74 Å². The molecule has 0 bridgehead atoms. The molecule has 0 heterocycles. The van der Waals surface area contributed by atoms with Crippen LogP contribution in [-0.4, -0.2) is 13.7 Å². The quantitative estimate of drug-likeness (QED) is 0.771. The van der Waals surface area contributed by atoms with Gasteiger partial charge in [0.25, 0.3) is 0 Å². The van der Waals surface area contributed by atoms with Crippen molar-refractivity contribution in [1.82, 2.24) is 0 Å². The minimum absolute atomic E-state index is 0.647. The molecule has 3 heteroatoms. The van der Waals surface area contributed by atoms with Gasteiger partial charge >= 0.3 is 0 Å². The Balaban J connectivity index is 1.96. The minimum atomic E-state index is 0.647.